The number of aromatic nitrogens is 1. The molecule has 0 aliphatic rings. The molecule has 0 radical (unpaired) electrons. The highest BCUT2D eigenvalue weighted by atomic mass is 16.5. The maximum atomic E-state index is 13.3. The molecular weight excluding hydrogens is 358 g/mol. The Bertz CT molecular complexity index is 1110. The average Bonchev–Trinajstić information content (AvgIpc) is 3.11. The molecule has 0 saturated heterocycles. The van der Waals surface area contributed by atoms with Crippen molar-refractivity contribution in [1.29, 1.82) is 0 Å². The monoisotopic (exact) mass is 381 g/mol. The molecule has 0 aliphatic heterocycles. The predicted molar refractivity (Wildman–Crippen MR) is 117 cm³/mol. The maximum absolute atomic E-state index is 13.3. The number of benzene rings is 3. The van der Waals surface area contributed by atoms with Crippen molar-refractivity contribution in [2.45, 2.75) is 13.5 Å². The minimum Gasteiger partial charge on any atom is -0.457 e. The van der Waals surface area contributed by atoms with Crippen LogP contribution in [0.25, 0.3) is 22.4 Å². The molecule has 0 unspecified atom stereocenters. The van der Waals surface area contributed by atoms with Gasteiger partial charge in [-0.2, -0.15) is 0 Å². The first kappa shape index (κ1) is 18.8. The van der Waals surface area contributed by atoms with E-state index in [2.05, 4.69) is 19.1 Å². The molecule has 4 aromatic rings. The van der Waals surface area contributed by atoms with Crippen molar-refractivity contribution >= 4 is 5.97 Å². The summed E-state index contributed by atoms with van der Waals surface area (Å²) in [5.74, 6) is -0.316. The Balaban J connectivity index is 1.78. The van der Waals surface area contributed by atoms with Crippen LogP contribution in [0.15, 0.2) is 91.1 Å². The molecule has 0 fully saturated rings. The Morgan fingerprint density at radius 1 is 0.828 bits per heavy atom. The fourth-order valence-corrected chi connectivity index (χ4v) is 3.52. The minimum absolute atomic E-state index is 0.246. The Kier molecular flexibility index (Phi) is 5.30. The Hall–Kier alpha value is -3.59. The molecule has 4 rings (SSSR count). The van der Waals surface area contributed by atoms with E-state index >= 15 is 0 Å². The molecule has 3 nitrogen and oxygen atoms in total. The van der Waals surface area contributed by atoms with E-state index in [1.54, 1.807) is 0 Å². The van der Waals surface area contributed by atoms with Gasteiger partial charge in [0.25, 0.3) is 0 Å². The second-order valence-electron chi connectivity index (χ2n) is 7.17. The van der Waals surface area contributed by atoms with Gasteiger partial charge in [0.2, 0.25) is 0 Å². The van der Waals surface area contributed by atoms with E-state index in [0.717, 1.165) is 27.9 Å². The quantitative estimate of drug-likeness (QED) is 0.396. The zero-order valence-corrected chi connectivity index (χ0v) is 16.6. The largest absolute Gasteiger partial charge is 0.457 e. The van der Waals surface area contributed by atoms with E-state index in [-0.39, 0.29) is 12.6 Å². The molecule has 3 aromatic carbocycles. The summed E-state index contributed by atoms with van der Waals surface area (Å²) in [4.78, 5) is 13.3. The lowest BCUT2D eigenvalue weighted by atomic mass is 9.99. The second-order valence-corrected chi connectivity index (χ2v) is 7.17. The predicted octanol–water partition coefficient (Wildman–Crippen LogP) is 6.02. The van der Waals surface area contributed by atoms with Crippen LogP contribution in [0, 0.1) is 6.92 Å². The van der Waals surface area contributed by atoms with Crippen LogP contribution in [0.5, 0.6) is 0 Å². The molecule has 0 amide bonds. The van der Waals surface area contributed by atoms with Gasteiger partial charge in [-0.05, 0) is 23.6 Å². The van der Waals surface area contributed by atoms with Crippen LogP contribution in [0.1, 0.15) is 21.5 Å². The zero-order chi connectivity index (χ0) is 20.2. The number of rotatable bonds is 5. The number of hydrogen-bond acceptors (Lipinski definition) is 2. The number of aryl methyl sites for hydroxylation is 2. The lowest BCUT2D eigenvalue weighted by molar-refractivity contribution is 0.0474. The van der Waals surface area contributed by atoms with Crippen molar-refractivity contribution < 1.29 is 9.53 Å². The van der Waals surface area contributed by atoms with Gasteiger partial charge in [-0.1, -0.05) is 90.5 Å². The molecular formula is C26H23NO2. The molecule has 0 N–H and O–H groups in total. The zero-order valence-electron chi connectivity index (χ0n) is 16.6. The number of carbonyl (C=O) groups excluding carboxylic acids is 1. The fourth-order valence-electron chi connectivity index (χ4n) is 3.52. The van der Waals surface area contributed by atoms with Crippen LogP contribution in [0.4, 0.5) is 0 Å². The van der Waals surface area contributed by atoms with Crippen molar-refractivity contribution in [2.24, 2.45) is 7.05 Å². The lowest BCUT2D eigenvalue weighted by Gasteiger charge is -2.11. The SMILES string of the molecule is Cc1ccc(-c2c(C(=O)OCc3ccccc3)c(-c3ccccc3)cn2C)cc1. The van der Waals surface area contributed by atoms with E-state index in [1.165, 1.54) is 5.56 Å². The molecule has 0 bridgehead atoms. The molecule has 0 spiro atoms. The molecule has 1 heterocycles. The van der Waals surface area contributed by atoms with E-state index in [4.69, 9.17) is 4.74 Å². The molecule has 3 heteroatoms. The normalized spacial score (nSPS) is 10.7. The molecule has 0 saturated carbocycles. The Morgan fingerprint density at radius 2 is 1.45 bits per heavy atom. The van der Waals surface area contributed by atoms with Crippen LogP contribution < -0.4 is 0 Å². The van der Waals surface area contributed by atoms with E-state index < -0.39 is 0 Å². The Labute approximate surface area is 171 Å². The van der Waals surface area contributed by atoms with Gasteiger partial charge in [-0.25, -0.2) is 4.79 Å². The maximum Gasteiger partial charge on any atom is 0.341 e. The van der Waals surface area contributed by atoms with Crippen LogP contribution >= 0.6 is 0 Å². The van der Waals surface area contributed by atoms with Gasteiger partial charge in [0, 0.05) is 18.8 Å². The highest BCUT2D eigenvalue weighted by Crippen LogP contribution is 2.35. The van der Waals surface area contributed by atoms with Crippen LogP contribution in [0.2, 0.25) is 0 Å². The molecule has 144 valence electrons. The highest BCUT2D eigenvalue weighted by Gasteiger charge is 2.24. The molecule has 0 atom stereocenters. The van der Waals surface area contributed by atoms with Gasteiger partial charge in [-0.15, -0.1) is 0 Å². The van der Waals surface area contributed by atoms with Gasteiger partial charge < -0.3 is 9.30 Å². The van der Waals surface area contributed by atoms with E-state index in [1.807, 2.05) is 90.6 Å². The summed E-state index contributed by atoms with van der Waals surface area (Å²) >= 11 is 0. The summed E-state index contributed by atoms with van der Waals surface area (Å²) in [7, 11) is 1.97. The molecule has 29 heavy (non-hydrogen) atoms. The van der Waals surface area contributed by atoms with Gasteiger partial charge in [0.1, 0.15) is 6.61 Å². The summed E-state index contributed by atoms with van der Waals surface area (Å²) < 4.78 is 7.73. The topological polar surface area (TPSA) is 31.2 Å². The minimum atomic E-state index is -0.316. The van der Waals surface area contributed by atoms with Gasteiger partial charge in [-0.3, -0.25) is 0 Å². The molecule has 0 aliphatic carbocycles. The van der Waals surface area contributed by atoms with Crippen LogP contribution in [-0.2, 0) is 18.4 Å². The highest BCUT2D eigenvalue weighted by molar-refractivity contribution is 6.03. The number of esters is 1. The number of nitrogens with zero attached hydrogens (tertiary/aromatic N) is 1. The number of carbonyl (C=O) groups is 1. The third kappa shape index (κ3) is 3.99. The van der Waals surface area contributed by atoms with Crippen molar-refractivity contribution in [3.63, 3.8) is 0 Å². The van der Waals surface area contributed by atoms with Crippen molar-refractivity contribution in [2.75, 3.05) is 0 Å². The third-order valence-electron chi connectivity index (χ3n) is 5.01. The first-order valence-corrected chi connectivity index (χ1v) is 9.66. The van der Waals surface area contributed by atoms with Crippen LogP contribution in [0.3, 0.4) is 0 Å². The second kappa shape index (κ2) is 8.19. The fraction of sp³-hybridized carbons (Fsp3) is 0.115. The average molecular weight is 381 g/mol. The van der Waals surface area contributed by atoms with E-state index in [0.29, 0.717) is 5.56 Å². The summed E-state index contributed by atoms with van der Waals surface area (Å²) in [5.41, 5.74) is 6.47. The van der Waals surface area contributed by atoms with Crippen molar-refractivity contribution in [1.82, 2.24) is 4.57 Å². The van der Waals surface area contributed by atoms with Gasteiger partial charge >= 0.3 is 5.97 Å². The third-order valence-corrected chi connectivity index (χ3v) is 5.01. The number of hydrogen-bond donors (Lipinski definition) is 0. The van der Waals surface area contributed by atoms with Gasteiger partial charge in [0.05, 0.1) is 11.3 Å². The van der Waals surface area contributed by atoms with Crippen molar-refractivity contribution in [3.8, 4) is 22.4 Å². The lowest BCUT2D eigenvalue weighted by Crippen LogP contribution is -2.08. The standard InChI is InChI=1S/C26H23NO2/c1-19-13-15-22(16-14-19)25-24(26(28)29-18-20-9-5-3-6-10-20)23(17-27(25)2)21-11-7-4-8-12-21/h3-17H,18H2,1-2H3. The summed E-state index contributed by atoms with van der Waals surface area (Å²) in [5, 5.41) is 0. The number of ether oxygens (including phenoxy) is 1. The van der Waals surface area contributed by atoms with Gasteiger partial charge in [0.15, 0.2) is 0 Å². The molecule has 1 aromatic heterocycles. The summed E-state index contributed by atoms with van der Waals surface area (Å²) in [6.07, 6.45) is 2.00. The summed E-state index contributed by atoms with van der Waals surface area (Å²) in [6, 6.07) is 27.9. The Morgan fingerprint density at radius 3 is 2.10 bits per heavy atom. The smallest absolute Gasteiger partial charge is 0.341 e. The van der Waals surface area contributed by atoms with E-state index in [9.17, 15) is 4.79 Å². The van der Waals surface area contributed by atoms with Crippen LogP contribution in [-0.4, -0.2) is 10.5 Å². The van der Waals surface area contributed by atoms with Crippen molar-refractivity contribution in [3.05, 3.63) is 108 Å². The summed E-state index contributed by atoms with van der Waals surface area (Å²) in [6.45, 7) is 2.30. The first-order chi connectivity index (χ1) is 14.1. The first-order valence-electron chi connectivity index (χ1n) is 9.66.